The Kier molecular flexibility index (Phi) is 6.20. The van der Waals surface area contributed by atoms with Gasteiger partial charge in [-0.2, -0.15) is 0 Å². The zero-order valence-electron chi connectivity index (χ0n) is 13.2. The number of rotatable bonds is 7. The molecule has 0 spiro atoms. The lowest BCUT2D eigenvalue weighted by Gasteiger charge is -2.25. The number of nitrogens with zero attached hydrogens (tertiary/aromatic N) is 2. The molecule has 114 valence electrons. The van der Waals surface area contributed by atoms with Gasteiger partial charge in [0.1, 0.15) is 6.04 Å². The van der Waals surface area contributed by atoms with Crippen molar-refractivity contribution >= 4 is 5.97 Å². The molecular weight excluding hydrogens is 254 g/mol. The number of aromatic nitrogens is 2. The number of imidazole rings is 1. The number of hydrogen-bond donors (Lipinski definition) is 1. The lowest BCUT2D eigenvalue weighted by molar-refractivity contribution is -0.145. The van der Waals surface area contributed by atoms with Crippen molar-refractivity contribution in [1.29, 1.82) is 0 Å². The van der Waals surface area contributed by atoms with Crippen molar-refractivity contribution in [2.75, 3.05) is 13.7 Å². The van der Waals surface area contributed by atoms with E-state index in [9.17, 15) is 4.79 Å². The van der Waals surface area contributed by atoms with Crippen LogP contribution in [0.3, 0.4) is 0 Å². The van der Waals surface area contributed by atoms with Crippen LogP contribution in [0.2, 0.25) is 0 Å². The van der Waals surface area contributed by atoms with Gasteiger partial charge in [0.15, 0.2) is 0 Å². The first kappa shape index (κ1) is 16.7. The largest absolute Gasteiger partial charge is 0.467 e. The molecule has 2 N–H and O–H groups in total. The molecule has 1 aromatic heterocycles. The van der Waals surface area contributed by atoms with E-state index in [-0.39, 0.29) is 17.9 Å². The van der Waals surface area contributed by atoms with Crippen LogP contribution in [0.5, 0.6) is 0 Å². The number of carbonyl (C=O) groups excluding carboxylic acids is 1. The van der Waals surface area contributed by atoms with Crippen LogP contribution in [-0.2, 0) is 9.53 Å². The van der Waals surface area contributed by atoms with Crippen molar-refractivity contribution in [3.63, 3.8) is 0 Å². The topological polar surface area (TPSA) is 70.1 Å². The van der Waals surface area contributed by atoms with Crippen LogP contribution in [0.15, 0.2) is 12.5 Å². The fourth-order valence-electron chi connectivity index (χ4n) is 2.50. The van der Waals surface area contributed by atoms with Gasteiger partial charge in [-0.3, -0.25) is 0 Å². The molecule has 0 aliphatic carbocycles. The summed E-state index contributed by atoms with van der Waals surface area (Å²) >= 11 is 0. The van der Waals surface area contributed by atoms with E-state index in [2.05, 4.69) is 32.7 Å². The number of methoxy groups -OCH3 is 1. The summed E-state index contributed by atoms with van der Waals surface area (Å²) in [5.74, 6) is 0.756. The van der Waals surface area contributed by atoms with Crippen LogP contribution < -0.4 is 5.73 Å². The Bertz CT molecular complexity index is 427. The summed E-state index contributed by atoms with van der Waals surface area (Å²) in [6, 6.07) is -0.328. The summed E-state index contributed by atoms with van der Waals surface area (Å²) in [5, 5.41) is 0. The standard InChI is InChI=1S/C15H27N3O2/c1-10(2)6-13(15(19)20-5)18-9-17-8-14(18)12(7-16)11(3)4/h8-13H,6-7,16H2,1-5H3. The summed E-state index contributed by atoms with van der Waals surface area (Å²) in [4.78, 5) is 16.3. The van der Waals surface area contributed by atoms with Gasteiger partial charge in [0.25, 0.3) is 0 Å². The van der Waals surface area contributed by atoms with E-state index in [1.54, 1.807) is 6.33 Å². The van der Waals surface area contributed by atoms with Gasteiger partial charge in [-0.15, -0.1) is 0 Å². The Morgan fingerprint density at radius 2 is 2.05 bits per heavy atom. The van der Waals surface area contributed by atoms with Gasteiger partial charge in [-0.25, -0.2) is 9.78 Å². The van der Waals surface area contributed by atoms with Crippen molar-refractivity contribution in [1.82, 2.24) is 9.55 Å². The van der Waals surface area contributed by atoms with E-state index < -0.39 is 0 Å². The number of carbonyl (C=O) groups is 1. The molecule has 0 saturated carbocycles. The molecule has 1 aromatic rings. The minimum Gasteiger partial charge on any atom is -0.467 e. The first-order valence-electron chi connectivity index (χ1n) is 7.21. The highest BCUT2D eigenvalue weighted by Crippen LogP contribution is 2.28. The van der Waals surface area contributed by atoms with E-state index in [1.807, 2.05) is 10.8 Å². The van der Waals surface area contributed by atoms with Crippen LogP contribution >= 0.6 is 0 Å². The van der Waals surface area contributed by atoms with Crippen LogP contribution in [0, 0.1) is 11.8 Å². The van der Waals surface area contributed by atoms with Gasteiger partial charge in [-0.05, 0) is 18.3 Å². The second kappa shape index (κ2) is 7.43. The third-order valence-corrected chi connectivity index (χ3v) is 3.64. The molecule has 5 nitrogen and oxygen atoms in total. The molecule has 1 rings (SSSR count). The van der Waals surface area contributed by atoms with E-state index in [0.29, 0.717) is 18.4 Å². The Morgan fingerprint density at radius 1 is 1.40 bits per heavy atom. The van der Waals surface area contributed by atoms with Gasteiger partial charge in [0.05, 0.1) is 13.4 Å². The van der Waals surface area contributed by atoms with E-state index in [0.717, 1.165) is 12.1 Å². The van der Waals surface area contributed by atoms with E-state index in [1.165, 1.54) is 7.11 Å². The monoisotopic (exact) mass is 281 g/mol. The Morgan fingerprint density at radius 3 is 2.50 bits per heavy atom. The van der Waals surface area contributed by atoms with Crippen LogP contribution in [-0.4, -0.2) is 29.2 Å². The van der Waals surface area contributed by atoms with Crippen LogP contribution in [0.25, 0.3) is 0 Å². The van der Waals surface area contributed by atoms with Gasteiger partial charge < -0.3 is 15.0 Å². The van der Waals surface area contributed by atoms with Crippen LogP contribution in [0.4, 0.5) is 0 Å². The second-order valence-corrected chi connectivity index (χ2v) is 5.98. The lowest BCUT2D eigenvalue weighted by Crippen LogP contribution is -2.27. The number of ether oxygens (including phenoxy) is 1. The summed E-state index contributed by atoms with van der Waals surface area (Å²) in [7, 11) is 1.43. The normalized spacial score (nSPS) is 14.6. The van der Waals surface area contributed by atoms with Crippen molar-refractivity contribution in [3.05, 3.63) is 18.2 Å². The maximum absolute atomic E-state index is 12.1. The predicted octanol–water partition coefficient (Wildman–Crippen LogP) is 2.34. The summed E-state index contributed by atoms with van der Waals surface area (Å²) < 4.78 is 6.88. The average molecular weight is 281 g/mol. The summed E-state index contributed by atoms with van der Waals surface area (Å²) in [5.41, 5.74) is 6.90. The van der Waals surface area contributed by atoms with Crippen molar-refractivity contribution in [3.8, 4) is 0 Å². The molecule has 0 aliphatic rings. The highest BCUT2D eigenvalue weighted by Gasteiger charge is 2.27. The minimum atomic E-state index is -0.328. The smallest absolute Gasteiger partial charge is 0.328 e. The predicted molar refractivity (Wildman–Crippen MR) is 79.4 cm³/mol. The molecule has 0 amide bonds. The van der Waals surface area contributed by atoms with Gasteiger partial charge in [0, 0.05) is 24.4 Å². The molecule has 20 heavy (non-hydrogen) atoms. The third-order valence-electron chi connectivity index (χ3n) is 3.64. The SMILES string of the molecule is COC(=O)C(CC(C)C)n1cncc1C(CN)C(C)C. The van der Waals surface area contributed by atoms with Crippen LogP contribution in [0.1, 0.15) is 51.8 Å². The maximum Gasteiger partial charge on any atom is 0.328 e. The number of nitrogens with two attached hydrogens (primary N) is 1. The Balaban J connectivity index is 3.15. The zero-order valence-corrected chi connectivity index (χ0v) is 13.2. The molecule has 1 heterocycles. The maximum atomic E-state index is 12.1. The molecule has 0 saturated heterocycles. The third kappa shape index (κ3) is 3.82. The Labute approximate surface area is 121 Å². The fraction of sp³-hybridized carbons (Fsp3) is 0.733. The zero-order chi connectivity index (χ0) is 15.3. The molecule has 0 radical (unpaired) electrons. The quantitative estimate of drug-likeness (QED) is 0.779. The highest BCUT2D eigenvalue weighted by molar-refractivity contribution is 5.74. The van der Waals surface area contributed by atoms with Crippen molar-refractivity contribution in [2.45, 2.75) is 46.1 Å². The summed E-state index contributed by atoms with van der Waals surface area (Å²) in [6.07, 6.45) is 4.25. The number of esters is 1. The molecule has 2 atom stereocenters. The molecule has 0 bridgehead atoms. The highest BCUT2D eigenvalue weighted by atomic mass is 16.5. The molecule has 0 aliphatic heterocycles. The van der Waals surface area contributed by atoms with Crippen molar-refractivity contribution < 1.29 is 9.53 Å². The van der Waals surface area contributed by atoms with Gasteiger partial charge in [-0.1, -0.05) is 27.7 Å². The minimum absolute atomic E-state index is 0.191. The second-order valence-electron chi connectivity index (χ2n) is 5.98. The molecule has 0 aromatic carbocycles. The van der Waals surface area contributed by atoms with Gasteiger partial charge >= 0.3 is 5.97 Å². The number of hydrogen-bond acceptors (Lipinski definition) is 4. The van der Waals surface area contributed by atoms with E-state index >= 15 is 0 Å². The molecular formula is C15H27N3O2. The summed E-state index contributed by atoms with van der Waals surface area (Å²) in [6.45, 7) is 8.98. The van der Waals surface area contributed by atoms with E-state index in [4.69, 9.17) is 10.5 Å². The molecule has 0 fully saturated rings. The molecule has 2 unspecified atom stereocenters. The fourth-order valence-corrected chi connectivity index (χ4v) is 2.50. The first-order chi connectivity index (χ1) is 9.42. The first-order valence-corrected chi connectivity index (χ1v) is 7.21. The van der Waals surface area contributed by atoms with Crippen molar-refractivity contribution in [2.24, 2.45) is 17.6 Å². The molecule has 5 heteroatoms. The van der Waals surface area contributed by atoms with Gasteiger partial charge in [0.2, 0.25) is 0 Å². The lowest BCUT2D eigenvalue weighted by atomic mass is 9.92. The Hall–Kier alpha value is -1.36. The average Bonchev–Trinajstić information content (AvgIpc) is 2.84.